The van der Waals surface area contributed by atoms with Crippen LogP contribution >= 0.6 is 46.4 Å². The number of amidine groups is 1. The summed E-state index contributed by atoms with van der Waals surface area (Å²) in [4.78, 5) is 44.7. The Labute approximate surface area is 273 Å². The second-order valence-corrected chi connectivity index (χ2v) is 11.7. The van der Waals surface area contributed by atoms with Crippen molar-refractivity contribution in [1.29, 1.82) is 0 Å². The lowest BCUT2D eigenvalue weighted by Crippen LogP contribution is -2.36. The maximum absolute atomic E-state index is 13.8. The van der Waals surface area contributed by atoms with Crippen molar-refractivity contribution in [3.8, 4) is 5.75 Å². The minimum Gasteiger partial charge on any atom is -0.494 e. The maximum Gasteiger partial charge on any atom is 0.280 e. The molecule has 0 bridgehead atoms. The fourth-order valence-electron chi connectivity index (χ4n) is 4.80. The molecule has 2 fully saturated rings. The number of carbonyl (C=O) groups is 3. The second-order valence-electron chi connectivity index (χ2n) is 10.0. The number of imide groups is 1. The summed E-state index contributed by atoms with van der Waals surface area (Å²) in [5.74, 6) is -0.966. The first-order valence-electron chi connectivity index (χ1n) is 13.7. The average molecular weight is 676 g/mol. The van der Waals surface area contributed by atoms with E-state index in [2.05, 4.69) is 20.6 Å². The summed E-state index contributed by atoms with van der Waals surface area (Å²) in [5.41, 5.74) is 5.00. The van der Waals surface area contributed by atoms with Gasteiger partial charge >= 0.3 is 0 Å². The van der Waals surface area contributed by atoms with E-state index in [1.165, 1.54) is 24.3 Å². The zero-order chi connectivity index (χ0) is 31.7. The molecule has 3 aromatic carbocycles. The van der Waals surface area contributed by atoms with Crippen molar-refractivity contribution >= 4 is 92.7 Å². The third kappa shape index (κ3) is 6.25. The molecule has 5 rings (SSSR count). The van der Waals surface area contributed by atoms with Crippen LogP contribution in [0.25, 0.3) is 0 Å². The number of nitrogens with one attached hydrogen (secondary N) is 1. The van der Waals surface area contributed by atoms with E-state index < -0.39 is 17.9 Å². The van der Waals surface area contributed by atoms with Crippen LogP contribution in [0, 0.1) is 5.92 Å². The third-order valence-electron chi connectivity index (χ3n) is 6.97. The van der Waals surface area contributed by atoms with Gasteiger partial charge in [-0.05, 0) is 55.3 Å². The number of hydrazine groups is 1. The monoisotopic (exact) mass is 674 g/mol. The maximum atomic E-state index is 13.8. The molecule has 1 N–H and O–H groups in total. The molecule has 2 aliphatic rings. The van der Waals surface area contributed by atoms with Crippen molar-refractivity contribution in [3.63, 3.8) is 0 Å². The van der Waals surface area contributed by atoms with Crippen LogP contribution in [0.15, 0.2) is 63.8 Å². The Morgan fingerprint density at radius 3 is 2.30 bits per heavy atom. The van der Waals surface area contributed by atoms with Gasteiger partial charge in [-0.1, -0.05) is 66.3 Å². The SMILES string of the molecule is CCOc1cc(N=NC2C(=O)N(c3c(Cl)cc(Cl)cc3Cl)NC2=Nc2cc(N3C(=O)CC(C)C3=O)ccc2Cl)ccc1CC. The van der Waals surface area contributed by atoms with Crippen molar-refractivity contribution in [2.45, 2.75) is 39.7 Å². The summed E-state index contributed by atoms with van der Waals surface area (Å²) in [6.07, 6.45) is 0.866. The number of anilines is 2. The number of aliphatic imine (C=N–C) groups is 1. The van der Waals surface area contributed by atoms with Crippen LogP contribution in [0.3, 0.4) is 0 Å². The normalized spacial score (nSPS) is 19.5. The van der Waals surface area contributed by atoms with E-state index in [4.69, 9.17) is 51.1 Å². The number of ether oxygens (including phenoxy) is 1. The van der Waals surface area contributed by atoms with Gasteiger partial charge in [-0.15, -0.1) is 0 Å². The Hall–Kier alpha value is -3.70. The number of benzene rings is 3. The van der Waals surface area contributed by atoms with Crippen molar-refractivity contribution in [2.75, 3.05) is 16.5 Å². The van der Waals surface area contributed by atoms with Crippen LogP contribution in [0.2, 0.25) is 20.1 Å². The van der Waals surface area contributed by atoms with Crippen LogP contribution in [-0.4, -0.2) is 36.2 Å². The molecule has 0 aromatic heterocycles. The van der Waals surface area contributed by atoms with Crippen LogP contribution in [0.1, 0.15) is 32.8 Å². The quantitative estimate of drug-likeness (QED) is 0.193. The molecule has 2 unspecified atom stereocenters. The average Bonchev–Trinajstić information content (AvgIpc) is 3.41. The lowest BCUT2D eigenvalue weighted by atomic mass is 10.1. The topological polar surface area (TPSA) is 116 Å². The Balaban J connectivity index is 1.57. The fourth-order valence-corrected chi connectivity index (χ4v) is 5.94. The van der Waals surface area contributed by atoms with Crippen molar-refractivity contribution < 1.29 is 19.1 Å². The van der Waals surface area contributed by atoms with E-state index in [0.29, 0.717) is 23.7 Å². The summed E-state index contributed by atoms with van der Waals surface area (Å²) < 4.78 is 5.74. The largest absolute Gasteiger partial charge is 0.494 e. The summed E-state index contributed by atoms with van der Waals surface area (Å²) in [7, 11) is 0. The van der Waals surface area contributed by atoms with Crippen LogP contribution in [0.5, 0.6) is 5.75 Å². The number of nitrogens with zero attached hydrogens (tertiary/aromatic N) is 5. The summed E-state index contributed by atoms with van der Waals surface area (Å²) in [6, 6.07) is 11.6. The number of carbonyl (C=O) groups excluding carboxylic acids is 3. The van der Waals surface area contributed by atoms with Gasteiger partial charge in [0.05, 0.1) is 38.7 Å². The first-order chi connectivity index (χ1) is 21.0. The van der Waals surface area contributed by atoms with Crippen molar-refractivity contribution in [3.05, 3.63) is 74.2 Å². The lowest BCUT2D eigenvalue weighted by Gasteiger charge is -2.19. The highest BCUT2D eigenvalue weighted by molar-refractivity contribution is 6.43. The van der Waals surface area contributed by atoms with Gasteiger partial charge in [-0.2, -0.15) is 10.2 Å². The Kier molecular flexibility index (Phi) is 9.45. The van der Waals surface area contributed by atoms with E-state index in [9.17, 15) is 14.4 Å². The third-order valence-corrected chi connectivity index (χ3v) is 8.08. The highest BCUT2D eigenvalue weighted by Crippen LogP contribution is 2.39. The minimum absolute atomic E-state index is 0.0440. The molecular formula is C30H26Cl4N6O4. The highest BCUT2D eigenvalue weighted by Gasteiger charge is 2.41. The van der Waals surface area contributed by atoms with E-state index in [1.807, 2.05) is 19.9 Å². The summed E-state index contributed by atoms with van der Waals surface area (Å²) in [5, 5.41) is 10.5. The zero-order valence-electron chi connectivity index (χ0n) is 23.8. The molecule has 0 saturated carbocycles. The van der Waals surface area contributed by atoms with E-state index in [-0.39, 0.29) is 55.5 Å². The first-order valence-corrected chi connectivity index (χ1v) is 15.2. The first kappa shape index (κ1) is 31.7. The van der Waals surface area contributed by atoms with Gasteiger partial charge in [0.15, 0.2) is 5.84 Å². The van der Waals surface area contributed by atoms with Crippen LogP contribution in [-0.2, 0) is 20.8 Å². The molecule has 3 aromatic rings. The molecule has 0 aliphatic carbocycles. The Morgan fingerprint density at radius 2 is 1.66 bits per heavy atom. The summed E-state index contributed by atoms with van der Waals surface area (Å²) >= 11 is 25.5. The molecule has 0 radical (unpaired) electrons. The van der Waals surface area contributed by atoms with Crippen molar-refractivity contribution in [2.24, 2.45) is 21.1 Å². The molecule has 44 heavy (non-hydrogen) atoms. The van der Waals surface area contributed by atoms with Gasteiger partial charge in [0, 0.05) is 23.4 Å². The number of halogens is 4. The van der Waals surface area contributed by atoms with Gasteiger partial charge in [0.2, 0.25) is 17.9 Å². The number of hydrogen-bond acceptors (Lipinski definition) is 7. The summed E-state index contributed by atoms with van der Waals surface area (Å²) in [6.45, 7) is 6.07. The number of amides is 3. The van der Waals surface area contributed by atoms with Gasteiger partial charge in [-0.25, -0.2) is 10.0 Å². The van der Waals surface area contributed by atoms with Gasteiger partial charge < -0.3 is 4.74 Å². The van der Waals surface area contributed by atoms with Gasteiger partial charge in [0.1, 0.15) is 11.4 Å². The van der Waals surface area contributed by atoms with Gasteiger partial charge in [0.25, 0.3) is 5.91 Å². The predicted octanol–water partition coefficient (Wildman–Crippen LogP) is 7.89. The standard InChI is InChI=1S/C30H26Cl4N6O4/c1-4-16-6-7-18(13-24(16)44-5-2)36-37-26-28(38-40(30(26)43)27-21(33)11-17(31)12-22(27)34)35-23-14-19(8-9-20(23)32)39-25(41)10-15(3)29(39)42/h6-9,11-15,26H,4-5,10H2,1-3H3,(H,35,38). The van der Waals surface area contributed by atoms with E-state index >= 15 is 0 Å². The molecule has 10 nitrogen and oxygen atoms in total. The van der Waals surface area contributed by atoms with Crippen molar-refractivity contribution in [1.82, 2.24) is 5.43 Å². The number of rotatable bonds is 8. The highest BCUT2D eigenvalue weighted by atomic mass is 35.5. The lowest BCUT2D eigenvalue weighted by molar-refractivity contribution is -0.122. The molecule has 3 amide bonds. The number of hydrogen-bond donors (Lipinski definition) is 1. The Morgan fingerprint density at radius 1 is 0.932 bits per heavy atom. The molecule has 2 heterocycles. The Bertz CT molecular complexity index is 1710. The molecule has 2 atom stereocenters. The van der Waals surface area contributed by atoms with E-state index in [1.54, 1.807) is 25.1 Å². The number of azo groups is 1. The second kappa shape index (κ2) is 13.1. The minimum atomic E-state index is -1.27. The fraction of sp³-hybridized carbons (Fsp3) is 0.267. The van der Waals surface area contributed by atoms with Crippen LogP contribution < -0.4 is 20.1 Å². The predicted molar refractivity (Wildman–Crippen MR) is 172 cm³/mol. The molecule has 0 spiro atoms. The van der Waals surface area contributed by atoms with Crippen LogP contribution in [0.4, 0.5) is 22.7 Å². The van der Waals surface area contributed by atoms with E-state index in [0.717, 1.165) is 21.9 Å². The number of aryl methyl sites for hydroxylation is 1. The molecule has 14 heteroatoms. The molecule has 2 saturated heterocycles. The van der Waals surface area contributed by atoms with Gasteiger partial charge in [-0.3, -0.25) is 24.7 Å². The molecular weight excluding hydrogens is 650 g/mol. The zero-order valence-corrected chi connectivity index (χ0v) is 26.8. The smallest absolute Gasteiger partial charge is 0.280 e. The molecule has 228 valence electrons. The molecule has 2 aliphatic heterocycles.